The van der Waals surface area contributed by atoms with Crippen LogP contribution in [0.1, 0.15) is 26.7 Å². The van der Waals surface area contributed by atoms with E-state index in [0.29, 0.717) is 12.2 Å². The minimum atomic E-state index is -0.599. The predicted molar refractivity (Wildman–Crippen MR) is 83.4 cm³/mol. The van der Waals surface area contributed by atoms with E-state index in [-0.39, 0.29) is 18.4 Å². The molecule has 0 unspecified atom stereocenters. The Bertz CT molecular complexity index is 559. The zero-order valence-electron chi connectivity index (χ0n) is 12.9. The smallest absolute Gasteiger partial charge is 0.332 e. The van der Waals surface area contributed by atoms with Crippen LogP contribution < -0.4 is 10.2 Å². The van der Waals surface area contributed by atoms with Crippen molar-refractivity contribution in [2.45, 2.75) is 32.7 Å². The molecular formula is C16H21N3O3. The molecule has 1 atom stereocenters. The number of hydrogen-bond acceptors (Lipinski definition) is 3. The third-order valence-electron chi connectivity index (χ3n) is 3.64. The molecule has 118 valence electrons. The number of nitrogens with one attached hydrogen (secondary N) is 1. The van der Waals surface area contributed by atoms with Gasteiger partial charge >= 0.3 is 6.03 Å². The Morgan fingerprint density at radius 1 is 1.23 bits per heavy atom. The minimum Gasteiger partial charge on any atom is -0.355 e. The van der Waals surface area contributed by atoms with Gasteiger partial charge in [-0.15, -0.1) is 0 Å². The van der Waals surface area contributed by atoms with Crippen molar-refractivity contribution < 1.29 is 14.4 Å². The van der Waals surface area contributed by atoms with Crippen molar-refractivity contribution >= 4 is 23.5 Å². The van der Waals surface area contributed by atoms with Crippen LogP contribution >= 0.6 is 0 Å². The van der Waals surface area contributed by atoms with Crippen LogP contribution in [-0.2, 0) is 9.59 Å². The number of hydrogen-bond donors (Lipinski definition) is 1. The number of amides is 4. The predicted octanol–water partition coefficient (Wildman–Crippen LogP) is 1.76. The highest BCUT2D eigenvalue weighted by Crippen LogP contribution is 2.25. The van der Waals surface area contributed by atoms with E-state index in [9.17, 15) is 14.4 Å². The topological polar surface area (TPSA) is 69.7 Å². The van der Waals surface area contributed by atoms with Crippen molar-refractivity contribution in [1.82, 2.24) is 10.2 Å². The number of anilines is 1. The maximum atomic E-state index is 12.4. The molecule has 1 aliphatic heterocycles. The lowest BCUT2D eigenvalue weighted by Crippen LogP contribution is -2.41. The van der Waals surface area contributed by atoms with Gasteiger partial charge in [0.25, 0.3) is 5.91 Å². The van der Waals surface area contributed by atoms with Crippen molar-refractivity contribution in [3.63, 3.8) is 0 Å². The molecule has 1 fully saturated rings. The molecule has 0 aromatic heterocycles. The van der Waals surface area contributed by atoms with E-state index >= 15 is 0 Å². The standard InChI is InChI=1S/C16H21N3O3/c1-3-4-10-17-14(20)11-18-15(21)12(2)19(16(18)22)13-8-6-5-7-9-13/h5-9,12H,3-4,10-11H2,1-2H3,(H,17,20)/t12-/m1/s1. The van der Waals surface area contributed by atoms with Gasteiger partial charge in [-0.25, -0.2) is 4.79 Å². The summed E-state index contributed by atoms with van der Waals surface area (Å²) in [7, 11) is 0. The van der Waals surface area contributed by atoms with Crippen LogP contribution in [0.5, 0.6) is 0 Å². The quantitative estimate of drug-likeness (QED) is 0.643. The summed E-state index contributed by atoms with van der Waals surface area (Å²) in [5, 5.41) is 2.72. The number of rotatable bonds is 6. The molecule has 0 bridgehead atoms. The van der Waals surface area contributed by atoms with Gasteiger partial charge in [-0.1, -0.05) is 31.5 Å². The van der Waals surface area contributed by atoms with Crippen LogP contribution in [0.3, 0.4) is 0 Å². The largest absolute Gasteiger partial charge is 0.355 e. The molecule has 1 aliphatic rings. The molecule has 6 nitrogen and oxygen atoms in total. The number of carbonyl (C=O) groups is 3. The Morgan fingerprint density at radius 3 is 2.55 bits per heavy atom. The molecule has 4 amide bonds. The molecule has 1 aromatic rings. The lowest BCUT2D eigenvalue weighted by Gasteiger charge is -2.19. The number of urea groups is 1. The van der Waals surface area contributed by atoms with E-state index in [2.05, 4.69) is 5.32 Å². The highest BCUT2D eigenvalue weighted by atomic mass is 16.2. The highest BCUT2D eigenvalue weighted by molar-refractivity contribution is 6.15. The molecule has 0 saturated carbocycles. The average molecular weight is 303 g/mol. The fraction of sp³-hybridized carbons (Fsp3) is 0.438. The second kappa shape index (κ2) is 7.06. The van der Waals surface area contributed by atoms with E-state index in [1.54, 1.807) is 31.2 Å². The maximum absolute atomic E-state index is 12.4. The van der Waals surface area contributed by atoms with Crippen LogP contribution in [-0.4, -0.2) is 41.9 Å². The maximum Gasteiger partial charge on any atom is 0.332 e. The molecule has 1 aromatic carbocycles. The molecule has 6 heteroatoms. The van der Waals surface area contributed by atoms with Crippen LogP contribution in [0.2, 0.25) is 0 Å². The number of para-hydroxylation sites is 1. The third kappa shape index (κ3) is 3.27. The Kier molecular flexibility index (Phi) is 5.14. The summed E-state index contributed by atoms with van der Waals surface area (Å²) in [6, 6.07) is 7.95. The number of nitrogens with zero attached hydrogens (tertiary/aromatic N) is 2. The van der Waals surface area contributed by atoms with Crippen molar-refractivity contribution in [2.75, 3.05) is 18.0 Å². The van der Waals surface area contributed by atoms with Crippen molar-refractivity contribution in [3.8, 4) is 0 Å². The minimum absolute atomic E-state index is 0.227. The second-order valence-corrected chi connectivity index (χ2v) is 5.29. The molecule has 2 rings (SSSR count). The van der Waals surface area contributed by atoms with Crippen LogP contribution in [0, 0.1) is 0 Å². The van der Waals surface area contributed by atoms with Gasteiger partial charge in [0, 0.05) is 12.2 Å². The lowest BCUT2D eigenvalue weighted by molar-refractivity contribution is -0.131. The van der Waals surface area contributed by atoms with E-state index in [1.165, 1.54) is 4.90 Å². The van der Waals surface area contributed by atoms with Gasteiger partial charge in [0.05, 0.1) is 0 Å². The third-order valence-corrected chi connectivity index (χ3v) is 3.64. The number of carbonyl (C=O) groups excluding carboxylic acids is 3. The van der Waals surface area contributed by atoms with Gasteiger partial charge in [-0.05, 0) is 25.5 Å². The summed E-state index contributed by atoms with van der Waals surface area (Å²) in [5.74, 6) is -0.656. The Hall–Kier alpha value is -2.37. The summed E-state index contributed by atoms with van der Waals surface area (Å²) in [6.07, 6.45) is 1.85. The molecule has 22 heavy (non-hydrogen) atoms. The molecule has 1 N–H and O–H groups in total. The Morgan fingerprint density at radius 2 is 1.91 bits per heavy atom. The zero-order valence-corrected chi connectivity index (χ0v) is 12.9. The summed E-state index contributed by atoms with van der Waals surface area (Å²) in [4.78, 5) is 39.0. The van der Waals surface area contributed by atoms with Crippen LogP contribution in [0.4, 0.5) is 10.5 Å². The number of imide groups is 1. The van der Waals surface area contributed by atoms with E-state index in [1.807, 2.05) is 13.0 Å². The summed E-state index contributed by atoms with van der Waals surface area (Å²) in [6.45, 7) is 4.03. The molecular weight excluding hydrogens is 282 g/mol. The number of unbranched alkanes of at least 4 members (excludes halogenated alkanes) is 1. The average Bonchev–Trinajstić information content (AvgIpc) is 2.72. The van der Waals surface area contributed by atoms with E-state index in [0.717, 1.165) is 17.7 Å². The van der Waals surface area contributed by atoms with Crippen molar-refractivity contribution in [1.29, 1.82) is 0 Å². The second-order valence-electron chi connectivity index (χ2n) is 5.29. The highest BCUT2D eigenvalue weighted by Gasteiger charge is 2.43. The molecule has 1 saturated heterocycles. The molecule has 0 spiro atoms. The Balaban J connectivity index is 2.06. The van der Waals surface area contributed by atoms with Gasteiger partial charge < -0.3 is 5.32 Å². The van der Waals surface area contributed by atoms with E-state index in [4.69, 9.17) is 0 Å². The van der Waals surface area contributed by atoms with Gasteiger partial charge in [0.15, 0.2) is 0 Å². The molecule has 1 heterocycles. The van der Waals surface area contributed by atoms with Gasteiger partial charge in [0.2, 0.25) is 5.91 Å². The first-order valence-electron chi connectivity index (χ1n) is 7.52. The Labute approximate surface area is 130 Å². The monoisotopic (exact) mass is 303 g/mol. The SMILES string of the molecule is CCCCNC(=O)CN1C(=O)[C@@H](C)N(c2ccccc2)C1=O. The lowest BCUT2D eigenvalue weighted by atomic mass is 10.2. The van der Waals surface area contributed by atoms with Gasteiger partial charge in [-0.2, -0.15) is 0 Å². The zero-order chi connectivity index (χ0) is 16.1. The molecule has 0 aliphatic carbocycles. The molecule has 0 radical (unpaired) electrons. The first-order valence-corrected chi connectivity index (χ1v) is 7.52. The normalized spacial score (nSPS) is 18.0. The van der Waals surface area contributed by atoms with Gasteiger partial charge in [-0.3, -0.25) is 19.4 Å². The summed E-state index contributed by atoms with van der Waals surface area (Å²) >= 11 is 0. The van der Waals surface area contributed by atoms with Gasteiger partial charge in [0.1, 0.15) is 12.6 Å². The van der Waals surface area contributed by atoms with Crippen LogP contribution in [0.25, 0.3) is 0 Å². The first-order chi connectivity index (χ1) is 10.6. The fourth-order valence-electron chi connectivity index (χ4n) is 2.40. The van der Waals surface area contributed by atoms with Crippen LogP contribution in [0.15, 0.2) is 30.3 Å². The summed E-state index contributed by atoms with van der Waals surface area (Å²) < 4.78 is 0. The van der Waals surface area contributed by atoms with E-state index < -0.39 is 12.1 Å². The first kappa shape index (κ1) is 16.0. The summed E-state index contributed by atoms with van der Waals surface area (Å²) in [5.41, 5.74) is 0.655. The fourth-order valence-corrected chi connectivity index (χ4v) is 2.40. The van der Waals surface area contributed by atoms with Crippen molar-refractivity contribution in [3.05, 3.63) is 30.3 Å². The van der Waals surface area contributed by atoms with Crippen molar-refractivity contribution in [2.24, 2.45) is 0 Å². The number of benzene rings is 1.